The van der Waals surface area contributed by atoms with Crippen molar-refractivity contribution in [3.8, 4) is 0 Å². The van der Waals surface area contributed by atoms with Crippen molar-refractivity contribution >= 4 is 3.95 Å². The molecular formula is C18H29Mo. The first-order chi connectivity index (χ1) is 9.34. The number of unbranched alkanes of at least 4 members (excludes halogenated alkanes) is 9. The first-order valence-corrected chi connectivity index (χ1v) is 9.10. The number of rotatable bonds is 11. The zero-order chi connectivity index (χ0) is 13.8. The van der Waals surface area contributed by atoms with Crippen molar-refractivity contribution in [3.63, 3.8) is 0 Å². The van der Waals surface area contributed by atoms with Gasteiger partial charge in [-0.1, -0.05) is 13.3 Å². The fraction of sp³-hybridized carbons (Fsp3) is 0.667. The van der Waals surface area contributed by atoms with E-state index in [-0.39, 0.29) is 0 Å². The standard InChI is InChI=1S/C18H29.Mo/c1-2-3-4-5-6-7-8-9-10-12-15-18-16-13-11-14-17-18;/h11,13-14,16H,2-10,12,15H2,1H3;. The van der Waals surface area contributed by atoms with E-state index in [1.165, 1.54) is 74.6 Å². The third-order valence-corrected chi connectivity index (χ3v) is 4.75. The van der Waals surface area contributed by atoms with Crippen molar-refractivity contribution in [1.29, 1.82) is 0 Å². The molecule has 0 aliphatic rings. The Hall–Kier alpha value is -0.0917. The Morgan fingerprint density at radius 1 is 0.737 bits per heavy atom. The Labute approximate surface area is 131 Å². The summed E-state index contributed by atoms with van der Waals surface area (Å²) in [5.74, 6) is 0. The molecule has 1 aromatic rings. The van der Waals surface area contributed by atoms with Gasteiger partial charge in [-0.3, -0.25) is 0 Å². The van der Waals surface area contributed by atoms with Crippen LogP contribution in [0.15, 0.2) is 24.3 Å². The average Bonchev–Trinajstić information content (AvgIpc) is 2.43. The number of benzene rings is 1. The predicted molar refractivity (Wildman–Crippen MR) is 81.6 cm³/mol. The summed E-state index contributed by atoms with van der Waals surface area (Å²) in [6, 6.07) is 8.82. The van der Waals surface area contributed by atoms with Crippen LogP contribution in [-0.2, 0) is 26.2 Å². The summed E-state index contributed by atoms with van der Waals surface area (Å²) in [5.41, 5.74) is 1.55. The van der Waals surface area contributed by atoms with Crippen LogP contribution in [0.4, 0.5) is 0 Å². The SMILES string of the molecule is CCCCCCCCCCCCc1cccc[c]1[Mo]. The maximum atomic E-state index is 2.29. The van der Waals surface area contributed by atoms with Gasteiger partial charge in [-0.15, -0.1) is 0 Å². The van der Waals surface area contributed by atoms with Crippen LogP contribution in [0.25, 0.3) is 0 Å². The van der Waals surface area contributed by atoms with Crippen LogP contribution in [0.5, 0.6) is 0 Å². The molecule has 0 nitrogen and oxygen atoms in total. The summed E-state index contributed by atoms with van der Waals surface area (Å²) in [6.07, 6.45) is 15.5. The van der Waals surface area contributed by atoms with Crippen LogP contribution < -0.4 is 3.95 Å². The second-order valence-corrected chi connectivity index (χ2v) is 6.62. The van der Waals surface area contributed by atoms with Crippen molar-refractivity contribution < 1.29 is 19.8 Å². The average molecular weight is 341 g/mol. The predicted octanol–water partition coefficient (Wildman–Crippen LogP) is 5.32. The zero-order valence-corrected chi connectivity index (χ0v) is 14.5. The minimum atomic E-state index is 1.27. The third kappa shape index (κ3) is 8.64. The van der Waals surface area contributed by atoms with Crippen LogP contribution >= 0.6 is 0 Å². The molecular weight excluding hydrogens is 312 g/mol. The summed E-state index contributed by atoms with van der Waals surface area (Å²) in [7, 11) is 0. The van der Waals surface area contributed by atoms with E-state index in [1.807, 2.05) is 0 Å². The minimum absolute atomic E-state index is 1.27. The van der Waals surface area contributed by atoms with Gasteiger partial charge in [-0.2, -0.15) is 0 Å². The van der Waals surface area contributed by atoms with Gasteiger partial charge in [0.15, 0.2) is 0 Å². The van der Waals surface area contributed by atoms with Gasteiger partial charge in [0.25, 0.3) is 0 Å². The molecule has 107 valence electrons. The van der Waals surface area contributed by atoms with Crippen LogP contribution in [0.3, 0.4) is 0 Å². The van der Waals surface area contributed by atoms with Gasteiger partial charge in [0.1, 0.15) is 0 Å². The Morgan fingerprint density at radius 2 is 1.26 bits per heavy atom. The van der Waals surface area contributed by atoms with Gasteiger partial charge in [0.05, 0.1) is 0 Å². The zero-order valence-electron chi connectivity index (χ0n) is 12.5. The number of hydrogen-bond donors (Lipinski definition) is 0. The van der Waals surface area contributed by atoms with E-state index in [9.17, 15) is 0 Å². The van der Waals surface area contributed by atoms with Gasteiger partial charge in [0.2, 0.25) is 0 Å². The Kier molecular flexibility index (Phi) is 10.5. The molecule has 0 fully saturated rings. The Morgan fingerprint density at radius 3 is 1.84 bits per heavy atom. The maximum absolute atomic E-state index is 2.29. The second-order valence-electron chi connectivity index (χ2n) is 5.54. The second kappa shape index (κ2) is 11.7. The molecule has 0 unspecified atom stereocenters. The van der Waals surface area contributed by atoms with E-state index in [1.54, 1.807) is 5.56 Å². The summed E-state index contributed by atoms with van der Waals surface area (Å²) < 4.78 is 1.47. The van der Waals surface area contributed by atoms with Crippen LogP contribution in [0.1, 0.15) is 76.7 Å². The fourth-order valence-corrected chi connectivity index (χ4v) is 3.12. The van der Waals surface area contributed by atoms with Gasteiger partial charge in [0, 0.05) is 0 Å². The molecule has 1 rings (SSSR count). The van der Waals surface area contributed by atoms with Gasteiger partial charge in [-0.25, -0.2) is 0 Å². The van der Waals surface area contributed by atoms with Gasteiger partial charge in [-0.05, 0) is 0 Å². The van der Waals surface area contributed by atoms with Crippen LogP contribution in [-0.4, -0.2) is 0 Å². The Balaban J connectivity index is 1.90. The fourth-order valence-electron chi connectivity index (χ4n) is 2.51. The molecule has 0 aliphatic carbocycles. The normalized spacial score (nSPS) is 10.8. The molecule has 19 heavy (non-hydrogen) atoms. The monoisotopic (exact) mass is 343 g/mol. The van der Waals surface area contributed by atoms with Crippen molar-refractivity contribution in [3.05, 3.63) is 29.8 Å². The number of hydrogen-bond acceptors (Lipinski definition) is 0. The molecule has 0 N–H and O–H groups in total. The molecule has 0 saturated carbocycles. The summed E-state index contributed by atoms with van der Waals surface area (Å²) in [5, 5.41) is 0. The molecule has 0 radical (unpaired) electrons. The third-order valence-electron chi connectivity index (χ3n) is 3.77. The quantitative estimate of drug-likeness (QED) is 0.377. The molecule has 0 atom stereocenters. The van der Waals surface area contributed by atoms with E-state index < -0.39 is 0 Å². The first kappa shape index (κ1) is 17.0. The first-order valence-electron chi connectivity index (χ1n) is 8.09. The molecule has 0 aliphatic heterocycles. The topological polar surface area (TPSA) is 0 Å². The van der Waals surface area contributed by atoms with Crippen LogP contribution in [0, 0.1) is 0 Å². The van der Waals surface area contributed by atoms with E-state index in [4.69, 9.17) is 0 Å². The molecule has 0 bridgehead atoms. The molecule has 1 heteroatoms. The van der Waals surface area contributed by atoms with Crippen molar-refractivity contribution in [2.45, 2.75) is 77.6 Å². The molecule has 1 aromatic carbocycles. The van der Waals surface area contributed by atoms with Gasteiger partial charge >= 0.3 is 118 Å². The summed E-state index contributed by atoms with van der Waals surface area (Å²) in [6.45, 7) is 2.29. The molecule has 0 saturated heterocycles. The van der Waals surface area contributed by atoms with Crippen molar-refractivity contribution in [1.82, 2.24) is 0 Å². The molecule has 0 spiro atoms. The van der Waals surface area contributed by atoms with E-state index in [2.05, 4.69) is 51.0 Å². The molecule has 0 heterocycles. The van der Waals surface area contributed by atoms with E-state index >= 15 is 0 Å². The Bertz CT molecular complexity index is 319. The van der Waals surface area contributed by atoms with Crippen LogP contribution in [0.2, 0.25) is 0 Å². The van der Waals surface area contributed by atoms with E-state index in [0.717, 1.165) is 0 Å². The summed E-state index contributed by atoms with van der Waals surface area (Å²) in [4.78, 5) is 0. The van der Waals surface area contributed by atoms with Crippen molar-refractivity contribution in [2.75, 3.05) is 0 Å². The summed E-state index contributed by atoms with van der Waals surface area (Å²) >= 11 is 2.15. The van der Waals surface area contributed by atoms with E-state index in [0.29, 0.717) is 0 Å². The van der Waals surface area contributed by atoms with Crippen molar-refractivity contribution in [2.24, 2.45) is 0 Å². The number of aryl methyl sites for hydroxylation is 1. The molecule has 0 amide bonds. The van der Waals surface area contributed by atoms with Gasteiger partial charge < -0.3 is 0 Å². The molecule has 0 aromatic heterocycles.